The molecular weight excluding hydrogens is 410 g/mol. The highest BCUT2D eigenvalue weighted by molar-refractivity contribution is 5.97. The van der Waals surface area contributed by atoms with Crippen molar-refractivity contribution in [1.82, 2.24) is 5.32 Å². The second-order valence-electron chi connectivity index (χ2n) is 9.24. The third kappa shape index (κ3) is 5.39. The first kappa shape index (κ1) is 23.3. The zero-order chi connectivity index (χ0) is 23.2. The minimum atomic E-state index is -0.318. The molecule has 2 aliphatic rings. The highest BCUT2D eigenvalue weighted by Crippen LogP contribution is 2.37. The van der Waals surface area contributed by atoms with Crippen LogP contribution in [0.15, 0.2) is 71.6 Å². The van der Waals surface area contributed by atoms with E-state index in [9.17, 15) is 4.79 Å². The zero-order valence-electron chi connectivity index (χ0n) is 20.0. The molecule has 2 atom stereocenters. The molecule has 4 nitrogen and oxygen atoms in total. The lowest BCUT2D eigenvalue weighted by Gasteiger charge is -2.35. The molecule has 2 aromatic carbocycles. The van der Waals surface area contributed by atoms with Gasteiger partial charge in [0.15, 0.2) is 0 Å². The van der Waals surface area contributed by atoms with Gasteiger partial charge >= 0.3 is 5.97 Å². The SMILES string of the molecule is CCCCC1=CNC2=C(CC(C)CC2)C1OCc1ccc(-c2ccccc2C(=O)OC)cc1. The Labute approximate surface area is 197 Å². The van der Waals surface area contributed by atoms with E-state index in [2.05, 4.69) is 49.6 Å². The topological polar surface area (TPSA) is 47.6 Å². The number of ether oxygens (including phenoxy) is 2. The van der Waals surface area contributed by atoms with Crippen LogP contribution in [0.1, 0.15) is 68.3 Å². The molecule has 1 aliphatic carbocycles. The number of carbonyl (C=O) groups excluding carboxylic acids is 1. The standard InChI is InChI=1S/C29H35NO3/c1-4-5-8-23-18-30-27-16-11-20(2)17-26(27)28(23)33-19-21-12-14-22(15-13-21)24-9-6-7-10-25(24)29(31)32-3/h6-7,9-10,12-15,18,20,28,30H,4-5,8,11,16-17,19H2,1-3H3. The fourth-order valence-electron chi connectivity index (χ4n) is 4.84. The molecule has 2 aromatic rings. The van der Waals surface area contributed by atoms with E-state index >= 15 is 0 Å². The molecule has 1 heterocycles. The van der Waals surface area contributed by atoms with Crippen molar-refractivity contribution in [3.05, 3.63) is 82.7 Å². The molecule has 4 rings (SSSR count). The molecule has 0 fully saturated rings. The highest BCUT2D eigenvalue weighted by Gasteiger charge is 2.30. The second-order valence-corrected chi connectivity index (χ2v) is 9.24. The van der Waals surface area contributed by atoms with Crippen LogP contribution < -0.4 is 5.32 Å². The molecule has 1 aliphatic heterocycles. The Bertz CT molecular complexity index is 1040. The maximum absolute atomic E-state index is 12.1. The molecule has 0 amide bonds. The van der Waals surface area contributed by atoms with E-state index in [0.717, 1.165) is 36.0 Å². The van der Waals surface area contributed by atoms with Gasteiger partial charge in [-0.05, 0) is 71.9 Å². The molecule has 0 saturated carbocycles. The van der Waals surface area contributed by atoms with Crippen molar-refractivity contribution in [3.8, 4) is 11.1 Å². The van der Waals surface area contributed by atoms with E-state index in [1.165, 1.54) is 43.2 Å². The van der Waals surface area contributed by atoms with Crippen LogP contribution in [-0.4, -0.2) is 19.2 Å². The Morgan fingerprint density at radius 3 is 2.67 bits per heavy atom. The first-order valence-electron chi connectivity index (χ1n) is 12.2. The van der Waals surface area contributed by atoms with Crippen molar-refractivity contribution in [1.29, 1.82) is 0 Å². The molecule has 0 aromatic heterocycles. The van der Waals surface area contributed by atoms with Gasteiger partial charge in [-0.1, -0.05) is 62.7 Å². The summed E-state index contributed by atoms with van der Waals surface area (Å²) >= 11 is 0. The van der Waals surface area contributed by atoms with Crippen LogP contribution in [0.5, 0.6) is 0 Å². The number of unbranched alkanes of at least 4 members (excludes halogenated alkanes) is 1. The average molecular weight is 446 g/mol. The maximum Gasteiger partial charge on any atom is 0.338 e. The van der Waals surface area contributed by atoms with Gasteiger partial charge in [-0.3, -0.25) is 0 Å². The average Bonchev–Trinajstić information content (AvgIpc) is 2.86. The van der Waals surface area contributed by atoms with Crippen molar-refractivity contribution in [2.24, 2.45) is 5.92 Å². The molecule has 33 heavy (non-hydrogen) atoms. The van der Waals surface area contributed by atoms with Crippen LogP contribution in [0.3, 0.4) is 0 Å². The van der Waals surface area contributed by atoms with Gasteiger partial charge in [0.2, 0.25) is 0 Å². The number of methoxy groups -OCH3 is 1. The Morgan fingerprint density at radius 2 is 1.91 bits per heavy atom. The molecule has 0 bridgehead atoms. The van der Waals surface area contributed by atoms with Crippen LogP contribution in [0.4, 0.5) is 0 Å². The van der Waals surface area contributed by atoms with Crippen LogP contribution in [0.25, 0.3) is 11.1 Å². The summed E-state index contributed by atoms with van der Waals surface area (Å²) in [6.45, 7) is 5.15. The van der Waals surface area contributed by atoms with Gasteiger partial charge < -0.3 is 14.8 Å². The number of dihydropyridines is 1. The normalized spacial score (nSPS) is 20.0. The number of esters is 1. The number of benzene rings is 2. The third-order valence-corrected chi connectivity index (χ3v) is 6.76. The van der Waals surface area contributed by atoms with Gasteiger partial charge in [0, 0.05) is 11.9 Å². The monoisotopic (exact) mass is 445 g/mol. The lowest BCUT2D eigenvalue weighted by molar-refractivity contribution is 0.0601. The number of carbonyl (C=O) groups is 1. The lowest BCUT2D eigenvalue weighted by Crippen LogP contribution is -2.32. The largest absolute Gasteiger partial charge is 0.465 e. The Balaban J connectivity index is 1.50. The lowest BCUT2D eigenvalue weighted by atomic mass is 9.81. The van der Waals surface area contributed by atoms with E-state index in [-0.39, 0.29) is 12.1 Å². The van der Waals surface area contributed by atoms with Gasteiger partial charge in [0.1, 0.15) is 6.10 Å². The summed E-state index contributed by atoms with van der Waals surface area (Å²) in [6.07, 6.45) is 9.17. The van der Waals surface area contributed by atoms with Crippen LogP contribution in [0, 0.1) is 5.92 Å². The third-order valence-electron chi connectivity index (χ3n) is 6.76. The first-order valence-corrected chi connectivity index (χ1v) is 12.2. The van der Waals surface area contributed by atoms with Crippen molar-refractivity contribution in [3.63, 3.8) is 0 Å². The smallest absolute Gasteiger partial charge is 0.338 e. The summed E-state index contributed by atoms with van der Waals surface area (Å²) in [5.41, 5.74) is 7.78. The van der Waals surface area contributed by atoms with E-state index in [0.29, 0.717) is 18.1 Å². The number of rotatable bonds is 8. The van der Waals surface area contributed by atoms with Gasteiger partial charge in [-0.2, -0.15) is 0 Å². The van der Waals surface area contributed by atoms with E-state index < -0.39 is 0 Å². The van der Waals surface area contributed by atoms with E-state index in [1.807, 2.05) is 18.2 Å². The number of hydrogen-bond donors (Lipinski definition) is 1. The minimum absolute atomic E-state index is 0.0790. The molecule has 0 saturated heterocycles. The number of nitrogens with one attached hydrogen (secondary N) is 1. The van der Waals surface area contributed by atoms with Gasteiger partial charge in [0.25, 0.3) is 0 Å². The van der Waals surface area contributed by atoms with E-state index in [4.69, 9.17) is 9.47 Å². The van der Waals surface area contributed by atoms with Gasteiger partial charge in [-0.15, -0.1) is 0 Å². The predicted octanol–water partition coefficient (Wildman–Crippen LogP) is 6.78. The minimum Gasteiger partial charge on any atom is -0.465 e. The van der Waals surface area contributed by atoms with E-state index in [1.54, 1.807) is 6.07 Å². The first-order chi connectivity index (χ1) is 16.1. The maximum atomic E-state index is 12.1. The number of hydrogen-bond acceptors (Lipinski definition) is 4. The molecule has 1 N–H and O–H groups in total. The highest BCUT2D eigenvalue weighted by atomic mass is 16.5. The summed E-state index contributed by atoms with van der Waals surface area (Å²) in [7, 11) is 1.41. The van der Waals surface area contributed by atoms with Crippen molar-refractivity contribution >= 4 is 5.97 Å². The van der Waals surface area contributed by atoms with Crippen LogP contribution in [0.2, 0.25) is 0 Å². The Kier molecular flexibility index (Phi) is 7.66. The molecule has 174 valence electrons. The van der Waals surface area contributed by atoms with Gasteiger partial charge in [0.05, 0.1) is 19.3 Å². The quantitative estimate of drug-likeness (QED) is 0.455. The molecular formula is C29H35NO3. The molecule has 4 heteroatoms. The molecule has 2 unspecified atom stereocenters. The second kappa shape index (κ2) is 10.8. The van der Waals surface area contributed by atoms with Crippen LogP contribution >= 0.6 is 0 Å². The summed E-state index contributed by atoms with van der Waals surface area (Å²) in [6, 6.07) is 15.9. The summed E-state index contributed by atoms with van der Waals surface area (Å²) < 4.78 is 11.5. The van der Waals surface area contributed by atoms with Crippen LogP contribution in [-0.2, 0) is 16.1 Å². The van der Waals surface area contributed by atoms with Crippen molar-refractivity contribution in [2.75, 3.05) is 7.11 Å². The number of allylic oxidation sites excluding steroid dienone is 1. The van der Waals surface area contributed by atoms with Crippen molar-refractivity contribution < 1.29 is 14.3 Å². The fourth-order valence-corrected chi connectivity index (χ4v) is 4.84. The fraction of sp³-hybridized carbons (Fsp3) is 0.414. The molecule has 0 spiro atoms. The Morgan fingerprint density at radius 1 is 1.12 bits per heavy atom. The van der Waals surface area contributed by atoms with Crippen molar-refractivity contribution in [2.45, 2.75) is 65.1 Å². The predicted molar refractivity (Wildman–Crippen MR) is 133 cm³/mol. The zero-order valence-corrected chi connectivity index (χ0v) is 20.0. The molecule has 0 radical (unpaired) electrons. The summed E-state index contributed by atoms with van der Waals surface area (Å²) in [4.78, 5) is 12.1. The van der Waals surface area contributed by atoms with Gasteiger partial charge in [-0.25, -0.2) is 4.79 Å². The summed E-state index contributed by atoms with van der Waals surface area (Å²) in [5.74, 6) is 0.387. The Hall–Kier alpha value is -2.85. The summed E-state index contributed by atoms with van der Waals surface area (Å²) in [5, 5.41) is 3.57.